The fourth-order valence-corrected chi connectivity index (χ4v) is 3.28. The SMILES string of the molecule is CN=C(NCc1ccccc1OC)NCC1(c2ccccc2OC)CC1.I. The molecule has 5 nitrogen and oxygen atoms in total. The van der Waals surface area contributed by atoms with Crippen LogP contribution in [0.25, 0.3) is 0 Å². The van der Waals surface area contributed by atoms with Gasteiger partial charge in [-0.05, 0) is 25.0 Å². The van der Waals surface area contributed by atoms with Crippen molar-refractivity contribution in [2.75, 3.05) is 27.8 Å². The van der Waals surface area contributed by atoms with E-state index in [-0.39, 0.29) is 29.4 Å². The minimum atomic E-state index is 0. The standard InChI is InChI=1S/C21H27N3O2.HI/c1-22-20(23-14-16-8-4-6-10-18(16)25-2)24-15-21(12-13-21)17-9-5-7-11-19(17)26-3;/h4-11H,12-15H2,1-3H3,(H2,22,23,24);1H. The number of ether oxygens (including phenoxy) is 2. The van der Waals surface area contributed by atoms with Crippen molar-refractivity contribution in [3.63, 3.8) is 0 Å². The number of aliphatic imine (C=N–C) groups is 1. The first kappa shape index (κ1) is 21.3. The first-order valence-corrected chi connectivity index (χ1v) is 8.92. The van der Waals surface area contributed by atoms with Crippen molar-refractivity contribution in [2.24, 2.45) is 4.99 Å². The van der Waals surface area contributed by atoms with Crippen molar-refractivity contribution < 1.29 is 9.47 Å². The van der Waals surface area contributed by atoms with Crippen molar-refractivity contribution in [3.8, 4) is 11.5 Å². The van der Waals surface area contributed by atoms with Crippen LogP contribution >= 0.6 is 24.0 Å². The summed E-state index contributed by atoms with van der Waals surface area (Å²) >= 11 is 0. The number of hydrogen-bond donors (Lipinski definition) is 2. The second kappa shape index (κ2) is 9.82. The average Bonchev–Trinajstić information content (AvgIpc) is 3.49. The van der Waals surface area contributed by atoms with Crippen LogP contribution in [0.2, 0.25) is 0 Å². The molecular weight excluding hydrogens is 453 g/mol. The molecule has 0 atom stereocenters. The summed E-state index contributed by atoms with van der Waals surface area (Å²) in [5.41, 5.74) is 2.51. The number of guanidine groups is 1. The van der Waals surface area contributed by atoms with Crippen LogP contribution in [-0.2, 0) is 12.0 Å². The van der Waals surface area contributed by atoms with Crippen LogP contribution in [0.3, 0.4) is 0 Å². The number of methoxy groups -OCH3 is 2. The van der Waals surface area contributed by atoms with Gasteiger partial charge in [0.2, 0.25) is 0 Å². The third kappa shape index (κ3) is 5.06. The van der Waals surface area contributed by atoms with Gasteiger partial charge in [0.05, 0.1) is 14.2 Å². The Balaban J connectivity index is 0.00000261. The van der Waals surface area contributed by atoms with Crippen LogP contribution in [0, 0.1) is 0 Å². The third-order valence-electron chi connectivity index (χ3n) is 4.99. The van der Waals surface area contributed by atoms with Gasteiger partial charge in [0, 0.05) is 36.7 Å². The monoisotopic (exact) mass is 481 g/mol. The highest BCUT2D eigenvalue weighted by molar-refractivity contribution is 14.0. The Bertz CT molecular complexity index is 776. The first-order valence-electron chi connectivity index (χ1n) is 8.92. The molecule has 0 unspecified atom stereocenters. The second-order valence-electron chi connectivity index (χ2n) is 6.57. The second-order valence-corrected chi connectivity index (χ2v) is 6.57. The van der Waals surface area contributed by atoms with Gasteiger partial charge in [0.15, 0.2) is 5.96 Å². The maximum Gasteiger partial charge on any atom is 0.191 e. The minimum absolute atomic E-state index is 0. The van der Waals surface area contributed by atoms with Crippen molar-refractivity contribution >= 4 is 29.9 Å². The lowest BCUT2D eigenvalue weighted by atomic mass is 9.95. The molecule has 1 aliphatic carbocycles. The highest BCUT2D eigenvalue weighted by atomic mass is 127. The van der Waals surface area contributed by atoms with E-state index in [0.29, 0.717) is 6.54 Å². The van der Waals surface area contributed by atoms with Gasteiger partial charge in [-0.2, -0.15) is 0 Å². The molecule has 0 amide bonds. The summed E-state index contributed by atoms with van der Waals surface area (Å²) in [6.07, 6.45) is 2.31. The van der Waals surface area contributed by atoms with Crippen LogP contribution in [-0.4, -0.2) is 33.8 Å². The molecule has 0 saturated heterocycles. The number of nitrogens with one attached hydrogen (secondary N) is 2. The normalized spacial score (nSPS) is 14.7. The molecule has 2 aromatic carbocycles. The summed E-state index contributed by atoms with van der Waals surface area (Å²) in [5.74, 6) is 2.63. The first-order chi connectivity index (χ1) is 12.7. The van der Waals surface area contributed by atoms with Crippen molar-refractivity contribution in [3.05, 3.63) is 59.7 Å². The van der Waals surface area contributed by atoms with Gasteiger partial charge >= 0.3 is 0 Å². The zero-order valence-corrected chi connectivity index (χ0v) is 18.4. The minimum Gasteiger partial charge on any atom is -0.496 e. The molecule has 1 fully saturated rings. The highest BCUT2D eigenvalue weighted by Gasteiger charge is 2.46. The van der Waals surface area contributed by atoms with E-state index in [4.69, 9.17) is 9.47 Å². The molecule has 2 aromatic rings. The van der Waals surface area contributed by atoms with E-state index in [1.54, 1.807) is 21.3 Å². The molecule has 0 aromatic heterocycles. The maximum absolute atomic E-state index is 5.55. The van der Waals surface area contributed by atoms with Gasteiger partial charge in [-0.15, -0.1) is 24.0 Å². The van der Waals surface area contributed by atoms with E-state index in [2.05, 4.69) is 33.8 Å². The number of hydrogen-bond acceptors (Lipinski definition) is 3. The van der Waals surface area contributed by atoms with Gasteiger partial charge in [-0.3, -0.25) is 4.99 Å². The molecule has 1 saturated carbocycles. The van der Waals surface area contributed by atoms with Gasteiger partial charge in [-0.25, -0.2) is 0 Å². The van der Waals surface area contributed by atoms with Crippen molar-refractivity contribution in [1.82, 2.24) is 10.6 Å². The number of para-hydroxylation sites is 2. The quantitative estimate of drug-likeness (QED) is 0.360. The molecule has 27 heavy (non-hydrogen) atoms. The molecule has 146 valence electrons. The number of halogens is 1. The summed E-state index contributed by atoms with van der Waals surface area (Å²) in [5, 5.41) is 6.84. The molecule has 1 aliphatic rings. The van der Waals surface area contributed by atoms with Gasteiger partial charge in [0.1, 0.15) is 11.5 Å². The Morgan fingerprint density at radius 3 is 2.22 bits per heavy atom. The summed E-state index contributed by atoms with van der Waals surface area (Å²) in [4.78, 5) is 4.35. The van der Waals surface area contributed by atoms with E-state index in [1.807, 2.05) is 30.3 Å². The van der Waals surface area contributed by atoms with Gasteiger partial charge < -0.3 is 20.1 Å². The Kier molecular flexibility index (Phi) is 7.77. The molecule has 0 bridgehead atoms. The van der Waals surface area contributed by atoms with E-state index in [1.165, 1.54) is 5.56 Å². The third-order valence-corrected chi connectivity index (χ3v) is 4.99. The van der Waals surface area contributed by atoms with Crippen LogP contribution < -0.4 is 20.1 Å². The topological polar surface area (TPSA) is 54.9 Å². The predicted octanol–water partition coefficient (Wildman–Crippen LogP) is 3.72. The molecule has 0 spiro atoms. The molecule has 0 heterocycles. The number of rotatable bonds is 7. The Morgan fingerprint density at radius 1 is 0.963 bits per heavy atom. The van der Waals surface area contributed by atoms with Crippen molar-refractivity contribution in [1.29, 1.82) is 0 Å². The van der Waals surface area contributed by atoms with Crippen LogP contribution in [0.1, 0.15) is 24.0 Å². The summed E-state index contributed by atoms with van der Waals surface area (Å²) in [6.45, 7) is 1.49. The highest BCUT2D eigenvalue weighted by Crippen LogP contribution is 2.50. The van der Waals surface area contributed by atoms with Crippen molar-refractivity contribution in [2.45, 2.75) is 24.8 Å². The van der Waals surface area contributed by atoms with Crippen LogP contribution in [0.15, 0.2) is 53.5 Å². The molecular formula is C21H28IN3O2. The summed E-state index contributed by atoms with van der Waals surface area (Å²) in [7, 11) is 5.21. The lowest BCUT2D eigenvalue weighted by molar-refractivity contribution is 0.403. The van der Waals surface area contributed by atoms with E-state index in [9.17, 15) is 0 Å². The lowest BCUT2D eigenvalue weighted by Gasteiger charge is -2.21. The van der Waals surface area contributed by atoms with E-state index >= 15 is 0 Å². The zero-order valence-electron chi connectivity index (χ0n) is 16.1. The average molecular weight is 481 g/mol. The molecule has 0 radical (unpaired) electrons. The summed E-state index contributed by atoms with van der Waals surface area (Å²) < 4.78 is 11.0. The zero-order chi connectivity index (χ0) is 18.4. The Hall–Kier alpha value is -1.96. The Labute approximate surface area is 178 Å². The fourth-order valence-electron chi connectivity index (χ4n) is 3.28. The lowest BCUT2D eigenvalue weighted by Crippen LogP contribution is -2.41. The molecule has 6 heteroatoms. The van der Waals surface area contributed by atoms with Gasteiger partial charge in [-0.1, -0.05) is 36.4 Å². The van der Waals surface area contributed by atoms with Crippen LogP contribution in [0.5, 0.6) is 11.5 Å². The van der Waals surface area contributed by atoms with Gasteiger partial charge in [0.25, 0.3) is 0 Å². The molecule has 2 N–H and O–H groups in total. The van der Waals surface area contributed by atoms with E-state index in [0.717, 1.165) is 42.4 Å². The number of benzene rings is 2. The Morgan fingerprint density at radius 2 is 1.59 bits per heavy atom. The van der Waals surface area contributed by atoms with Crippen LogP contribution in [0.4, 0.5) is 0 Å². The fraction of sp³-hybridized carbons (Fsp3) is 0.381. The van der Waals surface area contributed by atoms with E-state index < -0.39 is 0 Å². The summed E-state index contributed by atoms with van der Waals surface area (Å²) in [6, 6.07) is 16.3. The number of nitrogens with zero attached hydrogens (tertiary/aromatic N) is 1. The maximum atomic E-state index is 5.55. The predicted molar refractivity (Wildman–Crippen MR) is 121 cm³/mol. The molecule has 3 rings (SSSR count). The largest absolute Gasteiger partial charge is 0.496 e. The smallest absolute Gasteiger partial charge is 0.191 e. The molecule has 0 aliphatic heterocycles.